The molecule has 8 nitrogen and oxygen atoms in total. The van der Waals surface area contributed by atoms with Gasteiger partial charge >= 0.3 is 6.09 Å². The number of carbonyl (C=O) groups excluding carboxylic acids is 1. The average Bonchev–Trinajstić information content (AvgIpc) is 3.20. The highest BCUT2D eigenvalue weighted by Crippen LogP contribution is 2.32. The normalized spacial score (nSPS) is 12.2. The highest BCUT2D eigenvalue weighted by atomic mass is 35.5. The first-order valence-corrected chi connectivity index (χ1v) is 12.7. The zero-order chi connectivity index (χ0) is 25.0. The van der Waals surface area contributed by atoms with Gasteiger partial charge < -0.3 is 9.26 Å². The number of rotatable bonds is 7. The summed E-state index contributed by atoms with van der Waals surface area (Å²) >= 11 is 6.19. The molecule has 2 aromatic carbocycles. The van der Waals surface area contributed by atoms with Gasteiger partial charge in [-0.15, -0.1) is 0 Å². The number of aryl methyl sites for hydroxylation is 1. The van der Waals surface area contributed by atoms with Gasteiger partial charge in [-0.3, -0.25) is 10.3 Å². The van der Waals surface area contributed by atoms with Crippen molar-refractivity contribution in [3.05, 3.63) is 94.9 Å². The van der Waals surface area contributed by atoms with Crippen molar-refractivity contribution >= 4 is 33.2 Å². The number of carbonyl (C=O) groups is 1. The molecule has 1 N–H and O–H groups in total. The number of hydrogen-bond donors (Lipinski definition) is 1. The fourth-order valence-electron chi connectivity index (χ4n) is 3.46. The molecule has 0 bridgehead atoms. The Labute approximate surface area is 207 Å². The minimum absolute atomic E-state index is 0.158. The lowest BCUT2D eigenvalue weighted by Gasteiger charge is -2.15. The summed E-state index contributed by atoms with van der Waals surface area (Å²) in [4.78, 5) is 16.6. The summed E-state index contributed by atoms with van der Waals surface area (Å²) in [6.07, 6.45) is 1.58. The van der Waals surface area contributed by atoms with E-state index in [0.29, 0.717) is 38.9 Å². The molecule has 0 aliphatic rings. The van der Waals surface area contributed by atoms with Crippen LogP contribution in [0.3, 0.4) is 0 Å². The molecule has 2 heterocycles. The zero-order valence-corrected chi connectivity index (χ0v) is 20.5. The Morgan fingerprint density at radius 2 is 1.86 bits per heavy atom. The van der Waals surface area contributed by atoms with Crippen molar-refractivity contribution in [1.82, 2.24) is 10.1 Å². The van der Waals surface area contributed by atoms with Crippen LogP contribution in [0.4, 0.5) is 10.5 Å². The van der Waals surface area contributed by atoms with Crippen LogP contribution in [-0.4, -0.2) is 24.7 Å². The van der Waals surface area contributed by atoms with E-state index in [0.717, 1.165) is 0 Å². The van der Waals surface area contributed by atoms with Crippen LogP contribution in [0.5, 0.6) is 0 Å². The van der Waals surface area contributed by atoms with Crippen LogP contribution in [0.15, 0.2) is 82.5 Å². The first kappa shape index (κ1) is 24.4. The molecule has 0 fully saturated rings. The molecule has 1 atom stereocenters. The fraction of sp³-hybridized carbons (Fsp3) is 0.160. The molecule has 0 aliphatic carbocycles. The third kappa shape index (κ3) is 5.70. The van der Waals surface area contributed by atoms with E-state index in [9.17, 15) is 13.2 Å². The number of hydrogen-bond acceptors (Lipinski definition) is 7. The molecule has 0 saturated heterocycles. The SMILES string of the molecule is Cc1noc(-c2ccc(CS(=O)(=O)c3cccnc3)cc2)c1NC(=O)OC(C)c1ccccc1Cl. The number of aromatic nitrogens is 2. The lowest BCUT2D eigenvalue weighted by atomic mass is 10.1. The molecular weight excluding hydrogens is 490 g/mol. The van der Waals surface area contributed by atoms with Crippen LogP contribution in [-0.2, 0) is 20.3 Å². The molecule has 4 aromatic rings. The Morgan fingerprint density at radius 1 is 1.11 bits per heavy atom. The van der Waals surface area contributed by atoms with Gasteiger partial charge in [0.2, 0.25) is 0 Å². The molecule has 35 heavy (non-hydrogen) atoms. The van der Waals surface area contributed by atoms with Crippen molar-refractivity contribution in [3.8, 4) is 11.3 Å². The molecule has 4 rings (SSSR count). The molecule has 0 saturated carbocycles. The molecule has 0 radical (unpaired) electrons. The Hall–Kier alpha value is -3.69. The predicted molar refractivity (Wildman–Crippen MR) is 132 cm³/mol. The molecule has 10 heteroatoms. The first-order valence-electron chi connectivity index (χ1n) is 10.6. The maximum Gasteiger partial charge on any atom is 0.412 e. The van der Waals surface area contributed by atoms with Gasteiger partial charge in [0.05, 0.1) is 10.6 Å². The second-order valence-corrected chi connectivity index (χ2v) is 10.2. The van der Waals surface area contributed by atoms with Gasteiger partial charge in [0, 0.05) is 28.5 Å². The Balaban J connectivity index is 1.48. The van der Waals surface area contributed by atoms with Crippen molar-refractivity contribution < 1.29 is 22.5 Å². The number of halogens is 1. The van der Waals surface area contributed by atoms with Crippen LogP contribution in [0.1, 0.15) is 29.8 Å². The molecule has 1 unspecified atom stereocenters. The van der Waals surface area contributed by atoms with E-state index in [-0.39, 0.29) is 10.6 Å². The monoisotopic (exact) mass is 511 g/mol. The summed E-state index contributed by atoms with van der Waals surface area (Å²) in [5.74, 6) is 0.151. The van der Waals surface area contributed by atoms with Crippen molar-refractivity contribution in [2.75, 3.05) is 5.32 Å². The fourth-order valence-corrected chi connectivity index (χ4v) is 5.06. The lowest BCUT2D eigenvalue weighted by Crippen LogP contribution is -2.17. The Bertz CT molecular complexity index is 1440. The average molecular weight is 512 g/mol. The van der Waals surface area contributed by atoms with Gasteiger partial charge in [0.25, 0.3) is 0 Å². The number of ether oxygens (including phenoxy) is 1. The predicted octanol–water partition coefficient (Wildman–Crippen LogP) is 5.98. The van der Waals surface area contributed by atoms with Gasteiger partial charge in [0.1, 0.15) is 17.5 Å². The number of sulfone groups is 1. The van der Waals surface area contributed by atoms with E-state index in [1.807, 2.05) is 6.07 Å². The standard InChI is InChI=1S/C25H22ClN3O5S/c1-16-23(28-25(30)33-17(2)21-7-3-4-8-22(21)26)24(34-29-16)19-11-9-18(10-12-19)15-35(31,32)20-6-5-13-27-14-20/h3-14,17H,15H2,1-2H3,(H,28,30). The van der Waals surface area contributed by atoms with Crippen molar-refractivity contribution in [2.24, 2.45) is 0 Å². The quantitative estimate of drug-likeness (QED) is 0.324. The molecule has 0 spiro atoms. The number of pyridine rings is 1. The second kappa shape index (κ2) is 10.3. The van der Waals surface area contributed by atoms with Gasteiger partial charge in [-0.05, 0) is 37.6 Å². The maximum absolute atomic E-state index is 12.6. The third-order valence-electron chi connectivity index (χ3n) is 5.28. The zero-order valence-electron chi connectivity index (χ0n) is 18.9. The van der Waals surface area contributed by atoms with E-state index >= 15 is 0 Å². The third-order valence-corrected chi connectivity index (χ3v) is 7.30. The summed E-state index contributed by atoms with van der Waals surface area (Å²) in [5.41, 5.74) is 2.71. The number of benzene rings is 2. The van der Waals surface area contributed by atoms with E-state index < -0.39 is 22.0 Å². The highest BCUT2D eigenvalue weighted by molar-refractivity contribution is 7.90. The van der Waals surface area contributed by atoms with E-state index in [1.165, 1.54) is 18.5 Å². The number of anilines is 1. The van der Waals surface area contributed by atoms with Gasteiger partial charge in [-0.2, -0.15) is 0 Å². The minimum atomic E-state index is -3.53. The number of nitrogens with one attached hydrogen (secondary N) is 1. The molecule has 1 amide bonds. The topological polar surface area (TPSA) is 111 Å². The number of nitrogens with zero attached hydrogens (tertiary/aromatic N) is 2. The van der Waals surface area contributed by atoms with E-state index in [1.54, 1.807) is 62.4 Å². The summed E-state index contributed by atoms with van der Waals surface area (Å²) in [6, 6.07) is 17.0. The Kier molecular flexibility index (Phi) is 7.18. The smallest absolute Gasteiger partial charge is 0.412 e. The van der Waals surface area contributed by atoms with Crippen LogP contribution in [0.25, 0.3) is 11.3 Å². The van der Waals surface area contributed by atoms with E-state index in [4.69, 9.17) is 20.9 Å². The van der Waals surface area contributed by atoms with Crippen molar-refractivity contribution in [1.29, 1.82) is 0 Å². The van der Waals surface area contributed by atoms with Gasteiger partial charge in [-0.25, -0.2) is 13.2 Å². The largest absolute Gasteiger partial charge is 0.441 e. The first-order chi connectivity index (χ1) is 16.7. The van der Waals surface area contributed by atoms with Crippen LogP contribution < -0.4 is 5.32 Å². The summed E-state index contributed by atoms with van der Waals surface area (Å²) in [7, 11) is -3.53. The maximum atomic E-state index is 12.6. The molecule has 0 aliphatic heterocycles. The van der Waals surface area contributed by atoms with Gasteiger partial charge in [-0.1, -0.05) is 59.2 Å². The molecular formula is C25H22ClN3O5S. The second-order valence-electron chi connectivity index (χ2n) is 7.81. The summed E-state index contributed by atoms with van der Waals surface area (Å²) < 4.78 is 36.1. The Morgan fingerprint density at radius 3 is 2.54 bits per heavy atom. The molecule has 180 valence electrons. The van der Waals surface area contributed by atoms with Crippen LogP contribution >= 0.6 is 11.6 Å². The van der Waals surface area contributed by atoms with Crippen LogP contribution in [0.2, 0.25) is 5.02 Å². The summed E-state index contributed by atoms with van der Waals surface area (Å²) in [6.45, 7) is 3.41. The molecule has 2 aromatic heterocycles. The summed E-state index contributed by atoms with van der Waals surface area (Å²) in [5, 5.41) is 7.14. The van der Waals surface area contributed by atoms with E-state index in [2.05, 4.69) is 15.5 Å². The minimum Gasteiger partial charge on any atom is -0.441 e. The van der Waals surface area contributed by atoms with Crippen molar-refractivity contribution in [2.45, 2.75) is 30.6 Å². The van der Waals surface area contributed by atoms with Crippen molar-refractivity contribution in [3.63, 3.8) is 0 Å². The van der Waals surface area contributed by atoms with Gasteiger partial charge in [0.15, 0.2) is 15.6 Å². The highest BCUT2D eigenvalue weighted by Gasteiger charge is 2.21. The number of amides is 1. The lowest BCUT2D eigenvalue weighted by molar-refractivity contribution is 0.121. The van der Waals surface area contributed by atoms with Crippen LogP contribution in [0, 0.1) is 6.92 Å².